The van der Waals surface area contributed by atoms with Gasteiger partial charge < -0.3 is 19.1 Å². The van der Waals surface area contributed by atoms with Gasteiger partial charge in [0.1, 0.15) is 17.2 Å². The monoisotopic (exact) mass is 421 g/mol. The number of rotatable bonds is 9. The Morgan fingerprint density at radius 1 is 1.10 bits per heavy atom. The van der Waals surface area contributed by atoms with Gasteiger partial charge in [0.25, 0.3) is 5.91 Å². The number of ether oxygens (including phenoxy) is 3. The molecular formula is C24H27N3O4. The highest BCUT2D eigenvalue weighted by atomic mass is 16.5. The second kappa shape index (κ2) is 9.22. The molecule has 1 atom stereocenters. The van der Waals surface area contributed by atoms with Gasteiger partial charge >= 0.3 is 0 Å². The van der Waals surface area contributed by atoms with Crippen LogP contribution in [0.5, 0.6) is 11.5 Å². The molecule has 1 unspecified atom stereocenters. The average molecular weight is 421 g/mol. The van der Waals surface area contributed by atoms with Crippen molar-refractivity contribution < 1.29 is 19.0 Å². The Kier molecular flexibility index (Phi) is 6.23. The van der Waals surface area contributed by atoms with Crippen LogP contribution in [-0.2, 0) is 4.74 Å². The van der Waals surface area contributed by atoms with Gasteiger partial charge in [0, 0.05) is 31.4 Å². The summed E-state index contributed by atoms with van der Waals surface area (Å²) in [6.45, 7) is 3.74. The predicted octanol–water partition coefficient (Wildman–Crippen LogP) is 4.07. The topological polar surface area (TPSA) is 76.7 Å². The minimum atomic E-state index is -0.241. The van der Waals surface area contributed by atoms with E-state index in [1.807, 2.05) is 60.4 Å². The molecule has 7 nitrogen and oxygen atoms in total. The van der Waals surface area contributed by atoms with E-state index in [2.05, 4.69) is 10.2 Å². The molecule has 2 aromatic carbocycles. The summed E-state index contributed by atoms with van der Waals surface area (Å²) in [5, 5.41) is 7.50. The van der Waals surface area contributed by atoms with E-state index in [9.17, 15) is 4.79 Å². The molecule has 0 saturated carbocycles. The first-order valence-corrected chi connectivity index (χ1v) is 10.4. The molecule has 0 aliphatic carbocycles. The van der Waals surface area contributed by atoms with E-state index in [-0.39, 0.29) is 11.9 Å². The Bertz CT molecular complexity index is 1050. The van der Waals surface area contributed by atoms with Crippen LogP contribution >= 0.6 is 0 Å². The van der Waals surface area contributed by atoms with Gasteiger partial charge in [0.05, 0.1) is 25.5 Å². The minimum absolute atomic E-state index is 0.0494. The number of amides is 1. The van der Waals surface area contributed by atoms with E-state index in [4.69, 9.17) is 14.2 Å². The molecule has 0 spiro atoms. The van der Waals surface area contributed by atoms with Gasteiger partial charge in [-0.1, -0.05) is 24.3 Å². The molecule has 31 heavy (non-hydrogen) atoms. The first-order valence-electron chi connectivity index (χ1n) is 10.4. The molecule has 0 saturated heterocycles. The van der Waals surface area contributed by atoms with Gasteiger partial charge in [-0.05, 0) is 43.2 Å². The number of carbonyl (C=O) groups is 1. The molecule has 2 heterocycles. The Hall–Kier alpha value is -3.32. The maximum absolute atomic E-state index is 13.3. The van der Waals surface area contributed by atoms with Crippen molar-refractivity contribution in [2.45, 2.75) is 19.4 Å². The van der Waals surface area contributed by atoms with Crippen molar-refractivity contribution in [1.29, 1.82) is 0 Å². The maximum Gasteiger partial charge on any atom is 0.273 e. The lowest BCUT2D eigenvalue weighted by molar-refractivity contribution is 0.0723. The number of benzene rings is 2. The molecule has 3 aromatic rings. The fourth-order valence-electron chi connectivity index (χ4n) is 4.06. The molecule has 7 heteroatoms. The number of H-pyrrole nitrogens is 1. The lowest BCUT2D eigenvalue weighted by atomic mass is 9.96. The highest BCUT2D eigenvalue weighted by Gasteiger charge is 2.41. The zero-order valence-electron chi connectivity index (χ0n) is 18.1. The van der Waals surface area contributed by atoms with Gasteiger partial charge in [-0.2, -0.15) is 5.10 Å². The Morgan fingerprint density at radius 2 is 1.90 bits per heavy atom. The summed E-state index contributed by atoms with van der Waals surface area (Å²) < 4.78 is 16.2. The van der Waals surface area contributed by atoms with Gasteiger partial charge in [0.2, 0.25) is 0 Å². The summed E-state index contributed by atoms with van der Waals surface area (Å²) in [4.78, 5) is 15.2. The second-order valence-corrected chi connectivity index (χ2v) is 7.34. The van der Waals surface area contributed by atoms with Crippen molar-refractivity contribution in [2.75, 3.05) is 34.0 Å². The molecule has 1 aromatic heterocycles. The van der Waals surface area contributed by atoms with E-state index in [1.165, 1.54) is 0 Å². The van der Waals surface area contributed by atoms with Gasteiger partial charge in [-0.3, -0.25) is 9.89 Å². The normalized spacial score (nSPS) is 15.3. The third-order valence-corrected chi connectivity index (χ3v) is 5.46. The van der Waals surface area contributed by atoms with E-state index < -0.39 is 0 Å². The molecule has 0 fully saturated rings. The Balaban J connectivity index is 1.78. The summed E-state index contributed by atoms with van der Waals surface area (Å²) in [7, 11) is 3.31. The summed E-state index contributed by atoms with van der Waals surface area (Å²) in [6.07, 6.45) is 0.752. The standard InChI is InChI=1S/C24H27N3O4/c1-4-31-18-11-9-16(10-12-18)23-20-21(17-7-5-8-19(15-17)30-3)25-26-22(20)24(28)27(23)13-6-14-29-2/h5,7-12,15,23H,4,6,13-14H2,1-3H3,(H,25,26). The summed E-state index contributed by atoms with van der Waals surface area (Å²) in [5.41, 5.74) is 4.10. The van der Waals surface area contributed by atoms with Crippen LogP contribution in [0.25, 0.3) is 11.3 Å². The van der Waals surface area contributed by atoms with Crippen LogP contribution in [0.1, 0.15) is 41.0 Å². The van der Waals surface area contributed by atoms with E-state index >= 15 is 0 Å². The molecule has 0 radical (unpaired) electrons. The van der Waals surface area contributed by atoms with Gasteiger partial charge in [0.15, 0.2) is 0 Å². The average Bonchev–Trinajstić information content (AvgIpc) is 3.34. The molecule has 162 valence electrons. The van der Waals surface area contributed by atoms with Crippen LogP contribution in [-0.4, -0.2) is 55.0 Å². The number of aromatic nitrogens is 2. The number of hydrogen-bond donors (Lipinski definition) is 1. The van der Waals surface area contributed by atoms with Crippen molar-refractivity contribution in [3.8, 4) is 22.8 Å². The predicted molar refractivity (Wildman–Crippen MR) is 118 cm³/mol. The summed E-state index contributed by atoms with van der Waals surface area (Å²) >= 11 is 0. The first-order chi connectivity index (χ1) is 15.2. The highest BCUT2D eigenvalue weighted by Crippen LogP contribution is 2.43. The molecule has 1 aliphatic rings. The van der Waals surface area contributed by atoms with Crippen LogP contribution in [0.15, 0.2) is 48.5 Å². The second-order valence-electron chi connectivity index (χ2n) is 7.34. The molecule has 1 amide bonds. The van der Waals surface area contributed by atoms with E-state index in [0.29, 0.717) is 25.5 Å². The number of carbonyl (C=O) groups excluding carboxylic acids is 1. The smallest absolute Gasteiger partial charge is 0.273 e. The number of fused-ring (bicyclic) bond motifs is 1. The van der Waals surface area contributed by atoms with Crippen molar-refractivity contribution in [1.82, 2.24) is 15.1 Å². The van der Waals surface area contributed by atoms with Crippen LogP contribution < -0.4 is 9.47 Å². The third kappa shape index (κ3) is 4.01. The summed E-state index contributed by atoms with van der Waals surface area (Å²) in [6, 6.07) is 15.4. The van der Waals surface area contributed by atoms with Crippen LogP contribution in [0.2, 0.25) is 0 Å². The quantitative estimate of drug-likeness (QED) is 0.527. The van der Waals surface area contributed by atoms with Crippen molar-refractivity contribution in [3.63, 3.8) is 0 Å². The van der Waals surface area contributed by atoms with Crippen LogP contribution in [0, 0.1) is 0 Å². The minimum Gasteiger partial charge on any atom is -0.497 e. The highest BCUT2D eigenvalue weighted by molar-refractivity contribution is 6.00. The van der Waals surface area contributed by atoms with Crippen molar-refractivity contribution >= 4 is 5.91 Å². The Morgan fingerprint density at radius 3 is 2.61 bits per heavy atom. The molecule has 4 rings (SSSR count). The first kappa shape index (κ1) is 20.9. The van der Waals surface area contributed by atoms with Crippen molar-refractivity contribution in [3.05, 3.63) is 65.4 Å². The number of aromatic amines is 1. The SMILES string of the molecule is CCOc1ccc(C2c3c(-c4cccc(OC)c4)n[nH]c3C(=O)N2CCCOC)cc1. The lowest BCUT2D eigenvalue weighted by Gasteiger charge is -2.26. The third-order valence-electron chi connectivity index (χ3n) is 5.46. The molecular weight excluding hydrogens is 394 g/mol. The van der Waals surface area contributed by atoms with Crippen LogP contribution in [0.4, 0.5) is 0 Å². The Labute approximate surface area is 181 Å². The lowest BCUT2D eigenvalue weighted by Crippen LogP contribution is -2.31. The fraction of sp³-hybridized carbons (Fsp3) is 0.333. The molecule has 0 bridgehead atoms. The van der Waals surface area contributed by atoms with E-state index in [0.717, 1.165) is 40.3 Å². The number of methoxy groups -OCH3 is 2. The van der Waals surface area contributed by atoms with Crippen LogP contribution in [0.3, 0.4) is 0 Å². The molecule has 1 aliphatic heterocycles. The maximum atomic E-state index is 13.3. The van der Waals surface area contributed by atoms with E-state index in [1.54, 1.807) is 14.2 Å². The zero-order valence-corrected chi connectivity index (χ0v) is 18.1. The summed E-state index contributed by atoms with van der Waals surface area (Å²) in [5.74, 6) is 1.50. The van der Waals surface area contributed by atoms with Crippen molar-refractivity contribution in [2.24, 2.45) is 0 Å². The van der Waals surface area contributed by atoms with Gasteiger partial charge in [-0.15, -0.1) is 0 Å². The molecule has 1 N–H and O–H groups in total. The largest absolute Gasteiger partial charge is 0.497 e. The number of nitrogens with zero attached hydrogens (tertiary/aromatic N) is 2. The number of nitrogens with one attached hydrogen (secondary N) is 1. The van der Waals surface area contributed by atoms with Gasteiger partial charge in [-0.25, -0.2) is 0 Å². The number of hydrogen-bond acceptors (Lipinski definition) is 5. The fourth-order valence-corrected chi connectivity index (χ4v) is 4.06. The zero-order chi connectivity index (χ0) is 21.8.